The lowest BCUT2D eigenvalue weighted by atomic mass is 10.1. The number of ether oxygens (including phenoxy) is 1. The third-order valence-electron chi connectivity index (χ3n) is 2.59. The predicted octanol–water partition coefficient (Wildman–Crippen LogP) is 4.09. The molecule has 1 rings (SSSR count). The first-order valence-electron chi connectivity index (χ1n) is 7.06. The van der Waals surface area contributed by atoms with Crippen LogP contribution in [0.15, 0.2) is 29.2 Å². The lowest BCUT2D eigenvalue weighted by Crippen LogP contribution is -2.35. The van der Waals surface area contributed by atoms with Gasteiger partial charge in [-0.25, -0.2) is 0 Å². The average molecular weight is 281 g/mol. The van der Waals surface area contributed by atoms with Crippen LogP contribution in [-0.2, 0) is 11.3 Å². The zero-order valence-electron chi connectivity index (χ0n) is 12.7. The van der Waals surface area contributed by atoms with Gasteiger partial charge in [0.1, 0.15) is 0 Å². The van der Waals surface area contributed by atoms with E-state index in [1.807, 2.05) is 11.8 Å². The van der Waals surface area contributed by atoms with Gasteiger partial charge in [-0.15, -0.1) is 11.8 Å². The first kappa shape index (κ1) is 16.5. The molecule has 3 heteroatoms. The second kappa shape index (κ2) is 8.62. The zero-order chi connectivity index (χ0) is 14.1. The highest BCUT2D eigenvalue weighted by molar-refractivity contribution is 7.99. The number of rotatable bonds is 8. The summed E-state index contributed by atoms with van der Waals surface area (Å²) in [6.07, 6.45) is 1.10. The summed E-state index contributed by atoms with van der Waals surface area (Å²) in [4.78, 5) is 1.32. The SMILES string of the molecule is CCCOCCSc1ccc(CNC(C)(C)C)cc1. The van der Waals surface area contributed by atoms with Gasteiger partial charge in [-0.05, 0) is 44.9 Å². The van der Waals surface area contributed by atoms with Crippen molar-refractivity contribution in [2.75, 3.05) is 19.0 Å². The van der Waals surface area contributed by atoms with Gasteiger partial charge in [-0.3, -0.25) is 0 Å². The third-order valence-corrected chi connectivity index (χ3v) is 3.57. The van der Waals surface area contributed by atoms with Crippen molar-refractivity contribution in [3.63, 3.8) is 0 Å². The van der Waals surface area contributed by atoms with Gasteiger partial charge in [0.15, 0.2) is 0 Å². The maximum Gasteiger partial charge on any atom is 0.0560 e. The summed E-state index contributed by atoms with van der Waals surface area (Å²) in [7, 11) is 0. The Labute approximate surface area is 122 Å². The minimum absolute atomic E-state index is 0.171. The summed E-state index contributed by atoms with van der Waals surface area (Å²) in [5.74, 6) is 1.03. The van der Waals surface area contributed by atoms with Crippen molar-refractivity contribution in [1.29, 1.82) is 0 Å². The minimum Gasteiger partial charge on any atom is -0.381 e. The molecule has 0 amide bonds. The summed E-state index contributed by atoms with van der Waals surface area (Å²) >= 11 is 1.86. The van der Waals surface area contributed by atoms with Crippen molar-refractivity contribution in [3.8, 4) is 0 Å². The lowest BCUT2D eigenvalue weighted by Gasteiger charge is -2.20. The Morgan fingerprint density at radius 3 is 2.37 bits per heavy atom. The molecular formula is C16H27NOS. The van der Waals surface area contributed by atoms with Crippen LogP contribution in [0.25, 0.3) is 0 Å². The van der Waals surface area contributed by atoms with Crippen LogP contribution in [0, 0.1) is 0 Å². The second-order valence-electron chi connectivity index (χ2n) is 5.71. The molecule has 0 bridgehead atoms. The van der Waals surface area contributed by atoms with Crippen molar-refractivity contribution in [1.82, 2.24) is 5.32 Å². The fraction of sp³-hybridized carbons (Fsp3) is 0.625. The van der Waals surface area contributed by atoms with Crippen LogP contribution < -0.4 is 5.32 Å². The van der Waals surface area contributed by atoms with Gasteiger partial charge >= 0.3 is 0 Å². The molecule has 1 aromatic rings. The summed E-state index contributed by atoms with van der Waals surface area (Å²) < 4.78 is 5.47. The molecule has 2 nitrogen and oxygen atoms in total. The number of thioether (sulfide) groups is 1. The quantitative estimate of drug-likeness (QED) is 0.573. The first-order chi connectivity index (χ1) is 9.01. The molecule has 108 valence electrons. The average Bonchev–Trinajstić information content (AvgIpc) is 2.37. The van der Waals surface area contributed by atoms with E-state index in [0.29, 0.717) is 0 Å². The summed E-state index contributed by atoms with van der Waals surface area (Å²) in [5, 5.41) is 3.50. The zero-order valence-corrected chi connectivity index (χ0v) is 13.5. The van der Waals surface area contributed by atoms with Crippen molar-refractivity contribution in [2.45, 2.75) is 51.1 Å². The molecule has 0 aliphatic heterocycles. The predicted molar refractivity (Wildman–Crippen MR) is 84.9 cm³/mol. The summed E-state index contributed by atoms with van der Waals surface area (Å²) in [6.45, 7) is 11.3. The van der Waals surface area contributed by atoms with Gasteiger partial charge in [0.2, 0.25) is 0 Å². The lowest BCUT2D eigenvalue weighted by molar-refractivity contribution is 0.151. The number of hydrogen-bond donors (Lipinski definition) is 1. The summed E-state index contributed by atoms with van der Waals surface area (Å²) in [5.41, 5.74) is 1.51. The number of benzene rings is 1. The molecule has 0 aliphatic rings. The Bertz CT molecular complexity index is 343. The Morgan fingerprint density at radius 2 is 1.79 bits per heavy atom. The first-order valence-corrected chi connectivity index (χ1v) is 8.04. The molecule has 0 saturated heterocycles. The van der Waals surface area contributed by atoms with Crippen molar-refractivity contribution < 1.29 is 4.74 Å². The molecular weight excluding hydrogens is 254 g/mol. The van der Waals surface area contributed by atoms with E-state index in [1.54, 1.807) is 0 Å². The van der Waals surface area contributed by atoms with Crippen LogP contribution in [0.4, 0.5) is 0 Å². The molecule has 0 saturated carbocycles. The number of hydrogen-bond acceptors (Lipinski definition) is 3. The molecule has 0 atom stereocenters. The Balaban J connectivity index is 2.27. The molecule has 0 radical (unpaired) electrons. The maximum absolute atomic E-state index is 5.47. The normalized spacial score (nSPS) is 11.8. The van der Waals surface area contributed by atoms with Gasteiger partial charge in [0, 0.05) is 29.3 Å². The van der Waals surface area contributed by atoms with Crippen LogP contribution >= 0.6 is 11.8 Å². The van der Waals surface area contributed by atoms with E-state index in [9.17, 15) is 0 Å². The van der Waals surface area contributed by atoms with Gasteiger partial charge in [-0.2, -0.15) is 0 Å². The fourth-order valence-electron chi connectivity index (χ4n) is 1.54. The molecule has 1 N–H and O–H groups in total. The van der Waals surface area contributed by atoms with Crippen LogP contribution in [0.2, 0.25) is 0 Å². The molecule has 0 aliphatic carbocycles. The highest BCUT2D eigenvalue weighted by Gasteiger charge is 2.07. The van der Waals surface area contributed by atoms with Crippen LogP contribution in [0.5, 0.6) is 0 Å². The van der Waals surface area contributed by atoms with E-state index in [1.165, 1.54) is 10.5 Å². The van der Waals surface area contributed by atoms with E-state index >= 15 is 0 Å². The van der Waals surface area contributed by atoms with E-state index in [0.717, 1.165) is 31.9 Å². The standard InChI is InChI=1S/C16H27NOS/c1-5-10-18-11-12-19-15-8-6-14(7-9-15)13-17-16(2,3)4/h6-9,17H,5,10-13H2,1-4H3. The largest absolute Gasteiger partial charge is 0.381 e. The summed E-state index contributed by atoms with van der Waals surface area (Å²) in [6, 6.07) is 8.80. The Kier molecular flexibility index (Phi) is 7.51. The molecule has 19 heavy (non-hydrogen) atoms. The molecule has 0 fully saturated rings. The van der Waals surface area contributed by atoms with E-state index in [2.05, 4.69) is 57.3 Å². The molecule has 0 heterocycles. The van der Waals surface area contributed by atoms with Crippen LogP contribution in [0.1, 0.15) is 39.7 Å². The molecule has 1 aromatic carbocycles. The Morgan fingerprint density at radius 1 is 1.11 bits per heavy atom. The van der Waals surface area contributed by atoms with Gasteiger partial charge in [0.25, 0.3) is 0 Å². The molecule has 0 unspecified atom stereocenters. The van der Waals surface area contributed by atoms with Gasteiger partial charge in [-0.1, -0.05) is 19.1 Å². The molecule has 0 spiro atoms. The van der Waals surface area contributed by atoms with E-state index < -0.39 is 0 Å². The van der Waals surface area contributed by atoms with Crippen molar-refractivity contribution in [2.24, 2.45) is 0 Å². The van der Waals surface area contributed by atoms with E-state index in [4.69, 9.17) is 4.74 Å². The third kappa shape index (κ3) is 8.30. The maximum atomic E-state index is 5.47. The molecule has 0 aromatic heterocycles. The topological polar surface area (TPSA) is 21.3 Å². The van der Waals surface area contributed by atoms with E-state index in [-0.39, 0.29) is 5.54 Å². The van der Waals surface area contributed by atoms with Crippen LogP contribution in [0.3, 0.4) is 0 Å². The minimum atomic E-state index is 0.171. The Hall–Kier alpha value is -0.510. The van der Waals surface area contributed by atoms with Crippen molar-refractivity contribution >= 4 is 11.8 Å². The highest BCUT2D eigenvalue weighted by Crippen LogP contribution is 2.18. The fourth-order valence-corrected chi connectivity index (χ4v) is 2.30. The van der Waals surface area contributed by atoms with Crippen LogP contribution in [-0.4, -0.2) is 24.5 Å². The van der Waals surface area contributed by atoms with Crippen molar-refractivity contribution in [3.05, 3.63) is 29.8 Å². The monoisotopic (exact) mass is 281 g/mol. The number of nitrogens with one attached hydrogen (secondary N) is 1. The second-order valence-corrected chi connectivity index (χ2v) is 6.88. The van der Waals surface area contributed by atoms with Gasteiger partial charge in [0.05, 0.1) is 6.61 Å². The smallest absolute Gasteiger partial charge is 0.0560 e. The highest BCUT2D eigenvalue weighted by atomic mass is 32.2. The van der Waals surface area contributed by atoms with Gasteiger partial charge < -0.3 is 10.1 Å².